The summed E-state index contributed by atoms with van der Waals surface area (Å²) in [5.41, 5.74) is 1.55. The highest BCUT2D eigenvalue weighted by molar-refractivity contribution is 7.14. The van der Waals surface area contributed by atoms with E-state index in [1.165, 1.54) is 11.3 Å². The predicted octanol–water partition coefficient (Wildman–Crippen LogP) is 3.45. The molecular formula is C15H18N2O2S. The molecule has 106 valence electrons. The summed E-state index contributed by atoms with van der Waals surface area (Å²) >= 11 is 1.31. The zero-order valence-corrected chi connectivity index (χ0v) is 12.5. The average Bonchev–Trinajstić information content (AvgIpc) is 2.91. The fourth-order valence-corrected chi connectivity index (χ4v) is 2.24. The molecule has 4 nitrogen and oxygen atoms in total. The lowest BCUT2D eigenvalue weighted by Gasteiger charge is -2.07. The molecule has 0 saturated carbocycles. The Hall–Kier alpha value is -2.01. The first-order chi connectivity index (χ1) is 9.53. The van der Waals surface area contributed by atoms with Gasteiger partial charge in [-0.15, -0.1) is 11.3 Å². The van der Waals surface area contributed by atoms with Crippen molar-refractivity contribution in [2.24, 2.45) is 5.92 Å². The fourth-order valence-electron chi connectivity index (χ4n) is 1.51. The molecule has 1 heterocycles. The summed E-state index contributed by atoms with van der Waals surface area (Å²) in [6.07, 6.45) is 5.46. The minimum atomic E-state index is -0.657. The minimum Gasteiger partial charge on any atom is -0.301 e. The zero-order chi connectivity index (χ0) is 15.1. The van der Waals surface area contributed by atoms with Gasteiger partial charge in [-0.1, -0.05) is 38.3 Å². The van der Waals surface area contributed by atoms with Gasteiger partial charge in [0.15, 0.2) is 5.13 Å². The maximum atomic E-state index is 11.9. The first-order valence-electron chi connectivity index (χ1n) is 6.28. The van der Waals surface area contributed by atoms with Gasteiger partial charge in [-0.2, -0.15) is 0 Å². The second-order valence-electron chi connectivity index (χ2n) is 4.13. The normalized spacial score (nSPS) is 12.6. The summed E-state index contributed by atoms with van der Waals surface area (Å²) < 4.78 is 0. The number of hydrogen-bond acceptors (Lipinski definition) is 4. The molecule has 1 rings (SSSR count). The molecule has 0 aromatic carbocycles. The van der Waals surface area contributed by atoms with E-state index in [2.05, 4.69) is 23.5 Å². The summed E-state index contributed by atoms with van der Waals surface area (Å²) in [6, 6.07) is 0. The number of hydrogen-bond donors (Lipinski definition) is 1. The summed E-state index contributed by atoms with van der Waals surface area (Å²) in [4.78, 5) is 27.6. The van der Waals surface area contributed by atoms with E-state index in [-0.39, 0.29) is 11.7 Å². The molecule has 1 unspecified atom stereocenters. The molecule has 0 saturated heterocycles. The lowest BCUT2D eigenvalue weighted by atomic mass is 10.0. The zero-order valence-electron chi connectivity index (χ0n) is 11.7. The summed E-state index contributed by atoms with van der Waals surface area (Å²) in [7, 11) is 0. The van der Waals surface area contributed by atoms with E-state index in [9.17, 15) is 9.59 Å². The molecule has 1 N–H and O–H groups in total. The van der Waals surface area contributed by atoms with Crippen molar-refractivity contribution >= 4 is 33.7 Å². The number of amides is 1. The van der Waals surface area contributed by atoms with Gasteiger partial charge in [-0.05, 0) is 6.92 Å². The summed E-state index contributed by atoms with van der Waals surface area (Å²) in [5.74, 6) is -1.07. The van der Waals surface area contributed by atoms with Crippen molar-refractivity contribution in [3.05, 3.63) is 42.5 Å². The molecule has 0 radical (unpaired) electrons. The Labute approximate surface area is 122 Å². The molecule has 0 spiro atoms. The Morgan fingerprint density at radius 1 is 1.50 bits per heavy atom. The Morgan fingerprint density at radius 2 is 2.20 bits per heavy atom. The van der Waals surface area contributed by atoms with Gasteiger partial charge >= 0.3 is 0 Å². The quantitative estimate of drug-likeness (QED) is 0.618. The molecule has 1 aromatic heterocycles. The summed E-state index contributed by atoms with van der Waals surface area (Å²) in [5, 5.41) is 4.95. The van der Waals surface area contributed by atoms with Gasteiger partial charge in [0.2, 0.25) is 5.91 Å². The number of ketones is 1. The Bertz CT molecular complexity index is 558. The van der Waals surface area contributed by atoms with Crippen molar-refractivity contribution in [2.75, 3.05) is 5.32 Å². The van der Waals surface area contributed by atoms with Crippen LogP contribution in [0.5, 0.6) is 0 Å². The molecule has 0 fully saturated rings. The molecular weight excluding hydrogens is 272 g/mol. The standard InChI is InChI=1S/C15H18N2O2S/c1-5-8-11(6-2)12-9-20-15(16-12)17-14(19)10(4)13(18)7-3/h5-6,8-10H,1-2,7H2,3-4H3,(H,16,17,19)/b11-8+. The molecule has 0 bridgehead atoms. The van der Waals surface area contributed by atoms with Crippen molar-refractivity contribution in [1.82, 2.24) is 4.98 Å². The first-order valence-corrected chi connectivity index (χ1v) is 7.16. The number of Topliss-reactive ketones (excluding diaryl/α,β-unsaturated/α-hetero) is 1. The Kier molecular flexibility index (Phi) is 6.06. The molecule has 0 aliphatic heterocycles. The number of aromatic nitrogens is 1. The van der Waals surface area contributed by atoms with Crippen LogP contribution in [0.2, 0.25) is 0 Å². The lowest BCUT2D eigenvalue weighted by molar-refractivity contribution is -0.130. The Balaban J connectivity index is 2.81. The molecule has 5 heteroatoms. The first kappa shape index (κ1) is 16.0. The number of carbonyl (C=O) groups excluding carboxylic acids is 2. The molecule has 0 aliphatic rings. The third-order valence-corrected chi connectivity index (χ3v) is 3.53. The highest BCUT2D eigenvalue weighted by Gasteiger charge is 2.20. The number of nitrogens with zero attached hydrogens (tertiary/aromatic N) is 1. The van der Waals surface area contributed by atoms with Crippen molar-refractivity contribution in [3.8, 4) is 0 Å². The summed E-state index contributed by atoms with van der Waals surface area (Å²) in [6.45, 7) is 10.7. The average molecular weight is 290 g/mol. The van der Waals surface area contributed by atoms with E-state index in [1.54, 1.807) is 32.1 Å². The number of thiazole rings is 1. The smallest absolute Gasteiger partial charge is 0.236 e. The second-order valence-corrected chi connectivity index (χ2v) is 4.99. The van der Waals surface area contributed by atoms with Crippen LogP contribution in [0.3, 0.4) is 0 Å². The molecule has 1 aromatic rings. The SMILES string of the molecule is C=C/C=C(\C=C)c1csc(NC(=O)C(C)C(=O)CC)n1. The number of nitrogens with one attached hydrogen (secondary N) is 1. The van der Waals surface area contributed by atoms with Crippen molar-refractivity contribution in [3.63, 3.8) is 0 Å². The molecule has 20 heavy (non-hydrogen) atoms. The molecule has 1 amide bonds. The number of rotatable bonds is 7. The van der Waals surface area contributed by atoms with Gasteiger partial charge < -0.3 is 5.32 Å². The third kappa shape index (κ3) is 3.99. The van der Waals surface area contributed by atoms with E-state index in [0.717, 1.165) is 11.3 Å². The van der Waals surface area contributed by atoms with Crippen molar-refractivity contribution in [1.29, 1.82) is 0 Å². The topological polar surface area (TPSA) is 59.1 Å². The largest absolute Gasteiger partial charge is 0.301 e. The van der Waals surface area contributed by atoms with Crippen LogP contribution in [-0.2, 0) is 9.59 Å². The third-order valence-electron chi connectivity index (χ3n) is 2.77. The lowest BCUT2D eigenvalue weighted by Crippen LogP contribution is -2.26. The van der Waals surface area contributed by atoms with Crippen LogP contribution < -0.4 is 5.32 Å². The van der Waals surface area contributed by atoms with Crippen LogP contribution in [0, 0.1) is 5.92 Å². The highest BCUT2D eigenvalue weighted by atomic mass is 32.1. The van der Waals surface area contributed by atoms with Crippen LogP contribution in [-0.4, -0.2) is 16.7 Å². The monoisotopic (exact) mass is 290 g/mol. The van der Waals surface area contributed by atoms with Gasteiger partial charge in [0.05, 0.1) is 11.6 Å². The number of anilines is 1. The predicted molar refractivity (Wildman–Crippen MR) is 83.6 cm³/mol. The maximum Gasteiger partial charge on any atom is 0.236 e. The van der Waals surface area contributed by atoms with Gasteiger partial charge in [0.1, 0.15) is 5.78 Å². The van der Waals surface area contributed by atoms with E-state index >= 15 is 0 Å². The van der Waals surface area contributed by atoms with Gasteiger partial charge in [0.25, 0.3) is 0 Å². The van der Waals surface area contributed by atoms with Crippen LogP contribution >= 0.6 is 11.3 Å². The molecule has 0 aliphatic carbocycles. The van der Waals surface area contributed by atoms with Gasteiger partial charge in [-0.25, -0.2) is 4.98 Å². The van der Waals surface area contributed by atoms with Crippen LogP contribution in [0.4, 0.5) is 5.13 Å². The van der Waals surface area contributed by atoms with E-state index in [0.29, 0.717) is 11.6 Å². The number of carbonyl (C=O) groups is 2. The van der Waals surface area contributed by atoms with Crippen LogP contribution in [0.1, 0.15) is 26.0 Å². The van der Waals surface area contributed by atoms with Crippen molar-refractivity contribution < 1.29 is 9.59 Å². The van der Waals surface area contributed by atoms with E-state index in [4.69, 9.17) is 0 Å². The fraction of sp³-hybridized carbons (Fsp3) is 0.267. The second kappa shape index (κ2) is 7.55. The van der Waals surface area contributed by atoms with Gasteiger partial charge in [0, 0.05) is 17.4 Å². The Morgan fingerprint density at radius 3 is 2.75 bits per heavy atom. The molecule has 1 atom stereocenters. The number of allylic oxidation sites excluding steroid dienone is 4. The minimum absolute atomic E-state index is 0.0855. The van der Waals surface area contributed by atoms with Crippen molar-refractivity contribution in [2.45, 2.75) is 20.3 Å². The van der Waals surface area contributed by atoms with Gasteiger partial charge in [-0.3, -0.25) is 9.59 Å². The van der Waals surface area contributed by atoms with Crippen LogP contribution in [0.25, 0.3) is 5.57 Å². The van der Waals surface area contributed by atoms with E-state index < -0.39 is 5.92 Å². The maximum absolute atomic E-state index is 11.9. The van der Waals surface area contributed by atoms with E-state index in [1.807, 2.05) is 5.38 Å². The highest BCUT2D eigenvalue weighted by Crippen LogP contribution is 2.22. The van der Waals surface area contributed by atoms with Crippen LogP contribution in [0.15, 0.2) is 36.8 Å².